The highest BCUT2D eigenvalue weighted by atomic mass is 32.2. The molecule has 0 unspecified atom stereocenters. The normalized spacial score (nSPS) is 13.1. The summed E-state index contributed by atoms with van der Waals surface area (Å²) in [6.07, 6.45) is 4.81. The van der Waals surface area contributed by atoms with Crippen molar-refractivity contribution in [3.05, 3.63) is 65.0 Å². The molecule has 0 atom stereocenters. The molecule has 1 heterocycles. The molecule has 0 saturated heterocycles. The van der Waals surface area contributed by atoms with Gasteiger partial charge in [-0.15, -0.1) is 10.2 Å². The molecule has 0 spiro atoms. The summed E-state index contributed by atoms with van der Waals surface area (Å²) in [6.45, 7) is 4.64. The van der Waals surface area contributed by atoms with Crippen LogP contribution in [0.25, 0.3) is 0 Å². The molecule has 0 aliphatic heterocycles. The standard InChI is InChI=1S/C25H30N4O2S/c1-17(2)18-8-11-21(12-9-18)26-24(30)16-32-25-28-27-23(29(25)3)15-31-22-13-10-19-6-4-5-7-20(19)14-22/h8-14,17H,4-7,15-16H2,1-3H3,(H,26,30). The van der Waals surface area contributed by atoms with Crippen molar-refractivity contribution in [2.24, 2.45) is 7.05 Å². The van der Waals surface area contributed by atoms with Gasteiger partial charge in [0.25, 0.3) is 0 Å². The lowest BCUT2D eigenvalue weighted by atomic mass is 9.92. The van der Waals surface area contributed by atoms with E-state index in [1.807, 2.05) is 41.9 Å². The van der Waals surface area contributed by atoms with Gasteiger partial charge in [-0.2, -0.15) is 0 Å². The molecule has 7 heteroatoms. The van der Waals surface area contributed by atoms with E-state index in [0.29, 0.717) is 17.7 Å². The number of anilines is 1. The van der Waals surface area contributed by atoms with Crippen LogP contribution in [0.1, 0.15) is 55.1 Å². The number of nitrogens with zero attached hydrogens (tertiary/aromatic N) is 3. The third kappa shape index (κ3) is 5.51. The fourth-order valence-corrected chi connectivity index (χ4v) is 4.55. The number of aromatic nitrogens is 3. The fraction of sp³-hybridized carbons (Fsp3) is 0.400. The maximum Gasteiger partial charge on any atom is 0.234 e. The Labute approximate surface area is 193 Å². The van der Waals surface area contributed by atoms with E-state index < -0.39 is 0 Å². The zero-order chi connectivity index (χ0) is 22.5. The predicted molar refractivity (Wildman–Crippen MR) is 128 cm³/mol. The summed E-state index contributed by atoms with van der Waals surface area (Å²) >= 11 is 1.37. The van der Waals surface area contributed by atoms with Crippen molar-refractivity contribution in [2.45, 2.75) is 57.2 Å². The van der Waals surface area contributed by atoms with Crippen molar-refractivity contribution in [1.82, 2.24) is 14.8 Å². The van der Waals surface area contributed by atoms with Gasteiger partial charge in [0.1, 0.15) is 12.4 Å². The average molecular weight is 451 g/mol. The van der Waals surface area contributed by atoms with Crippen LogP contribution < -0.4 is 10.1 Å². The van der Waals surface area contributed by atoms with E-state index in [2.05, 4.69) is 41.5 Å². The first-order valence-corrected chi connectivity index (χ1v) is 12.1. The minimum atomic E-state index is -0.0674. The third-order valence-electron chi connectivity index (χ3n) is 5.81. The summed E-state index contributed by atoms with van der Waals surface area (Å²) in [7, 11) is 1.90. The van der Waals surface area contributed by atoms with E-state index >= 15 is 0 Å². The molecule has 1 aliphatic carbocycles. The molecule has 4 rings (SSSR count). The highest BCUT2D eigenvalue weighted by Gasteiger charge is 2.14. The SMILES string of the molecule is CC(C)c1ccc(NC(=O)CSc2nnc(COc3ccc4c(c3)CCCC4)n2C)cc1. The van der Waals surface area contributed by atoms with E-state index in [4.69, 9.17) is 4.74 Å². The van der Waals surface area contributed by atoms with Gasteiger partial charge in [-0.3, -0.25) is 4.79 Å². The number of nitrogens with one attached hydrogen (secondary N) is 1. The van der Waals surface area contributed by atoms with Gasteiger partial charge in [-0.05, 0) is 72.6 Å². The highest BCUT2D eigenvalue weighted by molar-refractivity contribution is 7.99. The number of thioether (sulfide) groups is 1. The average Bonchev–Trinajstić information content (AvgIpc) is 3.15. The molecular weight excluding hydrogens is 420 g/mol. The zero-order valence-electron chi connectivity index (χ0n) is 18.9. The number of ether oxygens (including phenoxy) is 1. The van der Waals surface area contributed by atoms with Crippen LogP contribution in [0, 0.1) is 0 Å². The first-order valence-electron chi connectivity index (χ1n) is 11.1. The van der Waals surface area contributed by atoms with Crippen molar-refractivity contribution in [3.8, 4) is 5.75 Å². The lowest BCUT2D eigenvalue weighted by Crippen LogP contribution is -2.14. The second-order valence-electron chi connectivity index (χ2n) is 8.50. The molecule has 0 fully saturated rings. The Morgan fingerprint density at radius 1 is 1.09 bits per heavy atom. The topological polar surface area (TPSA) is 69.0 Å². The molecule has 1 aromatic heterocycles. The van der Waals surface area contributed by atoms with Crippen LogP contribution in [0.3, 0.4) is 0 Å². The second-order valence-corrected chi connectivity index (χ2v) is 9.44. The van der Waals surface area contributed by atoms with Gasteiger partial charge in [-0.25, -0.2) is 0 Å². The van der Waals surface area contributed by atoms with Crippen LogP contribution in [-0.2, 0) is 31.3 Å². The van der Waals surface area contributed by atoms with Crippen molar-refractivity contribution >= 4 is 23.4 Å². The second kappa shape index (κ2) is 10.2. The predicted octanol–water partition coefficient (Wildman–Crippen LogP) is 5.13. The number of carbonyl (C=O) groups excluding carboxylic acids is 1. The maximum atomic E-state index is 12.3. The Morgan fingerprint density at radius 2 is 1.84 bits per heavy atom. The molecule has 3 aromatic rings. The molecule has 1 N–H and O–H groups in total. The molecule has 168 valence electrons. The molecule has 2 aromatic carbocycles. The zero-order valence-corrected chi connectivity index (χ0v) is 19.7. The molecule has 32 heavy (non-hydrogen) atoms. The lowest BCUT2D eigenvalue weighted by molar-refractivity contribution is -0.113. The van der Waals surface area contributed by atoms with Crippen LogP contribution in [0.2, 0.25) is 0 Å². The number of aryl methyl sites for hydroxylation is 2. The van der Waals surface area contributed by atoms with E-state index in [1.54, 1.807) is 0 Å². The molecular formula is C25H30N4O2S. The fourth-order valence-electron chi connectivity index (χ4n) is 3.82. The number of rotatable bonds is 8. The first kappa shape index (κ1) is 22.4. The van der Waals surface area contributed by atoms with Crippen molar-refractivity contribution < 1.29 is 9.53 Å². The largest absolute Gasteiger partial charge is 0.486 e. The van der Waals surface area contributed by atoms with Crippen LogP contribution in [-0.4, -0.2) is 26.4 Å². The van der Waals surface area contributed by atoms with Crippen LogP contribution >= 0.6 is 11.8 Å². The highest BCUT2D eigenvalue weighted by Crippen LogP contribution is 2.26. The summed E-state index contributed by atoms with van der Waals surface area (Å²) in [6, 6.07) is 14.3. The summed E-state index contributed by atoms with van der Waals surface area (Å²) < 4.78 is 7.85. The molecule has 0 bridgehead atoms. The molecule has 1 aliphatic rings. The van der Waals surface area contributed by atoms with E-state index in [1.165, 1.54) is 41.3 Å². The van der Waals surface area contributed by atoms with Crippen LogP contribution in [0.5, 0.6) is 5.75 Å². The summed E-state index contributed by atoms with van der Waals surface area (Å²) in [4.78, 5) is 12.3. The summed E-state index contributed by atoms with van der Waals surface area (Å²) in [5.41, 5.74) is 4.89. The van der Waals surface area contributed by atoms with Gasteiger partial charge < -0.3 is 14.6 Å². The minimum absolute atomic E-state index is 0.0674. The Balaban J connectivity index is 1.28. The Bertz CT molecular complexity index is 1080. The van der Waals surface area contributed by atoms with E-state index in [-0.39, 0.29) is 11.7 Å². The lowest BCUT2D eigenvalue weighted by Gasteiger charge is -2.16. The van der Waals surface area contributed by atoms with Gasteiger partial charge in [0.05, 0.1) is 5.75 Å². The van der Waals surface area contributed by atoms with Gasteiger partial charge in [0.2, 0.25) is 5.91 Å². The number of benzene rings is 2. The minimum Gasteiger partial charge on any atom is -0.486 e. The van der Waals surface area contributed by atoms with Gasteiger partial charge in [0.15, 0.2) is 11.0 Å². The van der Waals surface area contributed by atoms with Gasteiger partial charge >= 0.3 is 0 Å². The van der Waals surface area contributed by atoms with E-state index in [9.17, 15) is 4.79 Å². The first-order chi connectivity index (χ1) is 15.5. The molecule has 1 amide bonds. The monoisotopic (exact) mass is 450 g/mol. The quantitative estimate of drug-likeness (QED) is 0.482. The van der Waals surface area contributed by atoms with Crippen LogP contribution in [0.4, 0.5) is 5.69 Å². The smallest absolute Gasteiger partial charge is 0.234 e. The number of amides is 1. The maximum absolute atomic E-state index is 12.3. The van der Waals surface area contributed by atoms with E-state index in [0.717, 1.165) is 30.1 Å². The summed E-state index contributed by atoms with van der Waals surface area (Å²) in [5, 5.41) is 12.1. The third-order valence-corrected chi connectivity index (χ3v) is 6.83. The van der Waals surface area contributed by atoms with Crippen molar-refractivity contribution in [2.75, 3.05) is 11.1 Å². The summed E-state index contributed by atoms with van der Waals surface area (Å²) in [5.74, 6) is 2.27. The number of fused-ring (bicyclic) bond motifs is 1. The number of hydrogen-bond donors (Lipinski definition) is 1. The van der Waals surface area contributed by atoms with Crippen molar-refractivity contribution in [1.29, 1.82) is 0 Å². The van der Waals surface area contributed by atoms with Crippen molar-refractivity contribution in [3.63, 3.8) is 0 Å². The van der Waals surface area contributed by atoms with Gasteiger partial charge in [0, 0.05) is 12.7 Å². The van der Waals surface area contributed by atoms with Gasteiger partial charge in [-0.1, -0.05) is 43.8 Å². The molecule has 0 radical (unpaired) electrons. The molecule has 6 nitrogen and oxygen atoms in total. The molecule has 0 saturated carbocycles. The Hall–Kier alpha value is -2.80. The Morgan fingerprint density at radius 3 is 2.59 bits per heavy atom. The number of carbonyl (C=O) groups is 1. The Kier molecular flexibility index (Phi) is 7.15. The van der Waals surface area contributed by atoms with Crippen LogP contribution in [0.15, 0.2) is 47.6 Å². The number of hydrogen-bond acceptors (Lipinski definition) is 5.